The molecule has 0 unspecified atom stereocenters. The van der Waals surface area contributed by atoms with Gasteiger partial charge in [-0.2, -0.15) is 0 Å². The SMILES string of the molecule is Nc1ncnc(N2CCN(c3ccc(Cl)cc3)CC2)c1Cl. The molecule has 0 bridgehead atoms. The Hall–Kier alpha value is -1.72. The largest absolute Gasteiger partial charge is 0.382 e. The molecule has 1 fully saturated rings. The topological polar surface area (TPSA) is 58.3 Å². The molecule has 1 aromatic carbocycles. The first-order valence-corrected chi connectivity index (χ1v) is 7.42. The molecule has 2 aromatic rings. The van der Waals surface area contributed by atoms with Gasteiger partial charge in [-0.1, -0.05) is 23.2 Å². The van der Waals surface area contributed by atoms with Crippen molar-refractivity contribution in [2.75, 3.05) is 41.7 Å². The molecule has 0 radical (unpaired) electrons. The second-order valence-electron chi connectivity index (χ2n) is 4.85. The standard InChI is InChI=1S/C14H15Cl2N5/c15-10-1-3-11(4-2-10)20-5-7-21(8-6-20)14-12(16)13(17)18-9-19-14/h1-4,9H,5-8H2,(H2,17,18,19). The number of nitrogens with two attached hydrogens (primary N) is 1. The summed E-state index contributed by atoms with van der Waals surface area (Å²) in [5.41, 5.74) is 6.90. The van der Waals surface area contributed by atoms with Crippen molar-refractivity contribution in [3.05, 3.63) is 40.6 Å². The highest BCUT2D eigenvalue weighted by molar-refractivity contribution is 6.35. The number of piperazine rings is 1. The van der Waals surface area contributed by atoms with Gasteiger partial charge in [-0.3, -0.25) is 0 Å². The maximum absolute atomic E-state index is 6.18. The van der Waals surface area contributed by atoms with Crippen LogP contribution in [0.3, 0.4) is 0 Å². The lowest BCUT2D eigenvalue weighted by Crippen LogP contribution is -2.47. The number of nitrogen functional groups attached to an aromatic ring is 1. The molecular formula is C14H15Cl2N5. The maximum atomic E-state index is 6.18. The molecule has 21 heavy (non-hydrogen) atoms. The summed E-state index contributed by atoms with van der Waals surface area (Å²) in [5, 5.41) is 1.18. The highest BCUT2D eigenvalue weighted by Gasteiger charge is 2.21. The van der Waals surface area contributed by atoms with Crippen LogP contribution in [-0.2, 0) is 0 Å². The molecule has 0 atom stereocenters. The molecule has 7 heteroatoms. The molecule has 2 heterocycles. The van der Waals surface area contributed by atoms with Gasteiger partial charge in [-0.05, 0) is 24.3 Å². The van der Waals surface area contributed by atoms with Crippen molar-refractivity contribution >= 4 is 40.5 Å². The van der Waals surface area contributed by atoms with Crippen molar-refractivity contribution in [3.63, 3.8) is 0 Å². The predicted octanol–water partition coefficient (Wildman–Crippen LogP) is 2.69. The number of benzene rings is 1. The Morgan fingerprint density at radius 2 is 1.52 bits per heavy atom. The number of nitrogens with zero attached hydrogens (tertiary/aromatic N) is 4. The molecular weight excluding hydrogens is 309 g/mol. The van der Waals surface area contributed by atoms with E-state index in [-0.39, 0.29) is 0 Å². The van der Waals surface area contributed by atoms with Gasteiger partial charge in [0.2, 0.25) is 0 Å². The lowest BCUT2D eigenvalue weighted by molar-refractivity contribution is 0.647. The Bertz CT molecular complexity index is 624. The van der Waals surface area contributed by atoms with E-state index in [4.69, 9.17) is 28.9 Å². The van der Waals surface area contributed by atoms with E-state index in [0.29, 0.717) is 16.7 Å². The van der Waals surface area contributed by atoms with Crippen molar-refractivity contribution in [1.82, 2.24) is 9.97 Å². The molecule has 0 spiro atoms. The van der Waals surface area contributed by atoms with Crippen LogP contribution in [-0.4, -0.2) is 36.1 Å². The molecule has 0 aliphatic carbocycles. The molecule has 1 aliphatic heterocycles. The Morgan fingerprint density at radius 3 is 2.19 bits per heavy atom. The number of aromatic nitrogens is 2. The first-order chi connectivity index (χ1) is 10.1. The minimum atomic E-state index is 0.321. The summed E-state index contributed by atoms with van der Waals surface area (Å²) in [7, 11) is 0. The van der Waals surface area contributed by atoms with Gasteiger partial charge in [0.05, 0.1) is 0 Å². The third kappa shape index (κ3) is 2.99. The van der Waals surface area contributed by atoms with Crippen molar-refractivity contribution in [3.8, 4) is 0 Å². The van der Waals surface area contributed by atoms with E-state index in [1.54, 1.807) is 0 Å². The minimum absolute atomic E-state index is 0.321. The van der Waals surface area contributed by atoms with E-state index < -0.39 is 0 Å². The molecule has 5 nitrogen and oxygen atoms in total. The Morgan fingerprint density at radius 1 is 0.905 bits per heavy atom. The van der Waals surface area contributed by atoms with Gasteiger partial charge in [-0.25, -0.2) is 9.97 Å². The summed E-state index contributed by atoms with van der Waals surface area (Å²) in [6, 6.07) is 7.89. The van der Waals surface area contributed by atoms with Crippen LogP contribution in [0.2, 0.25) is 10.0 Å². The second-order valence-corrected chi connectivity index (χ2v) is 5.66. The van der Waals surface area contributed by atoms with Crippen LogP contribution >= 0.6 is 23.2 Å². The summed E-state index contributed by atoms with van der Waals surface area (Å²) in [5.74, 6) is 1.03. The average Bonchev–Trinajstić information content (AvgIpc) is 2.51. The number of halogens is 2. The Labute approximate surface area is 133 Å². The molecule has 1 saturated heterocycles. The van der Waals surface area contributed by atoms with Gasteiger partial charge in [-0.15, -0.1) is 0 Å². The zero-order valence-electron chi connectivity index (χ0n) is 11.3. The fourth-order valence-corrected chi connectivity index (χ4v) is 2.77. The van der Waals surface area contributed by atoms with E-state index >= 15 is 0 Å². The van der Waals surface area contributed by atoms with E-state index in [9.17, 15) is 0 Å². The lowest BCUT2D eigenvalue weighted by Gasteiger charge is -2.37. The van der Waals surface area contributed by atoms with Crippen LogP contribution < -0.4 is 15.5 Å². The van der Waals surface area contributed by atoms with Crippen molar-refractivity contribution in [1.29, 1.82) is 0 Å². The van der Waals surface area contributed by atoms with Crippen molar-refractivity contribution in [2.45, 2.75) is 0 Å². The summed E-state index contributed by atoms with van der Waals surface area (Å²) in [4.78, 5) is 12.6. The number of anilines is 3. The summed E-state index contributed by atoms with van der Waals surface area (Å²) in [6.45, 7) is 3.45. The van der Waals surface area contributed by atoms with Crippen LogP contribution in [0.5, 0.6) is 0 Å². The third-order valence-electron chi connectivity index (χ3n) is 3.57. The maximum Gasteiger partial charge on any atom is 0.153 e. The quantitative estimate of drug-likeness (QED) is 0.920. The molecule has 3 rings (SSSR count). The number of rotatable bonds is 2. The van der Waals surface area contributed by atoms with Gasteiger partial charge in [0.25, 0.3) is 0 Å². The van der Waals surface area contributed by atoms with Gasteiger partial charge in [0, 0.05) is 36.9 Å². The van der Waals surface area contributed by atoms with Crippen LogP contribution in [0.1, 0.15) is 0 Å². The van der Waals surface area contributed by atoms with Crippen molar-refractivity contribution < 1.29 is 0 Å². The predicted molar refractivity (Wildman–Crippen MR) is 87.3 cm³/mol. The van der Waals surface area contributed by atoms with Crippen LogP contribution in [0.15, 0.2) is 30.6 Å². The molecule has 1 aromatic heterocycles. The summed E-state index contributed by atoms with van der Waals surface area (Å²) < 4.78 is 0. The van der Waals surface area contributed by atoms with Crippen LogP contribution in [0.4, 0.5) is 17.3 Å². The van der Waals surface area contributed by atoms with Crippen molar-refractivity contribution in [2.24, 2.45) is 0 Å². The monoisotopic (exact) mass is 323 g/mol. The van der Waals surface area contributed by atoms with E-state index in [1.807, 2.05) is 24.3 Å². The van der Waals surface area contributed by atoms with Gasteiger partial charge in [0.1, 0.15) is 17.2 Å². The smallest absolute Gasteiger partial charge is 0.153 e. The Kier molecular flexibility index (Phi) is 4.03. The normalized spacial score (nSPS) is 15.3. The highest BCUT2D eigenvalue weighted by atomic mass is 35.5. The van der Waals surface area contributed by atoms with E-state index in [2.05, 4.69) is 19.8 Å². The summed E-state index contributed by atoms with van der Waals surface area (Å²) in [6.07, 6.45) is 1.45. The Balaban J connectivity index is 1.70. The first kappa shape index (κ1) is 14.2. The molecule has 1 aliphatic rings. The molecule has 0 saturated carbocycles. The number of hydrogen-bond donors (Lipinski definition) is 1. The summed E-state index contributed by atoms with van der Waals surface area (Å²) >= 11 is 12.1. The third-order valence-corrected chi connectivity index (χ3v) is 4.18. The zero-order valence-corrected chi connectivity index (χ0v) is 12.8. The fourth-order valence-electron chi connectivity index (χ4n) is 2.42. The number of hydrogen-bond acceptors (Lipinski definition) is 5. The average molecular weight is 324 g/mol. The molecule has 110 valence electrons. The zero-order chi connectivity index (χ0) is 14.8. The molecule has 0 amide bonds. The van der Waals surface area contributed by atoms with E-state index in [0.717, 1.165) is 31.2 Å². The minimum Gasteiger partial charge on any atom is -0.382 e. The van der Waals surface area contributed by atoms with E-state index in [1.165, 1.54) is 12.0 Å². The highest BCUT2D eigenvalue weighted by Crippen LogP contribution is 2.28. The second kappa shape index (κ2) is 5.95. The van der Waals surface area contributed by atoms with Crippen LogP contribution in [0.25, 0.3) is 0 Å². The van der Waals surface area contributed by atoms with Gasteiger partial charge >= 0.3 is 0 Å². The molecule has 2 N–H and O–H groups in total. The first-order valence-electron chi connectivity index (χ1n) is 6.66. The van der Waals surface area contributed by atoms with Crippen LogP contribution in [0, 0.1) is 0 Å². The lowest BCUT2D eigenvalue weighted by atomic mass is 10.2. The van der Waals surface area contributed by atoms with Gasteiger partial charge in [0.15, 0.2) is 5.82 Å². The fraction of sp³-hybridized carbons (Fsp3) is 0.286. The van der Waals surface area contributed by atoms with Gasteiger partial charge < -0.3 is 15.5 Å².